The lowest BCUT2D eigenvalue weighted by Gasteiger charge is -2.22. The van der Waals surface area contributed by atoms with E-state index in [-0.39, 0.29) is 10.8 Å². The molecule has 5 nitrogen and oxygen atoms in total. The maximum absolute atomic E-state index is 12.4. The van der Waals surface area contributed by atoms with Gasteiger partial charge >= 0.3 is 0 Å². The van der Waals surface area contributed by atoms with E-state index in [2.05, 4.69) is 4.72 Å². The maximum atomic E-state index is 12.4. The molecule has 0 bridgehead atoms. The van der Waals surface area contributed by atoms with Gasteiger partial charge in [0.25, 0.3) is 0 Å². The molecule has 1 aromatic carbocycles. The first-order chi connectivity index (χ1) is 9.42. The highest BCUT2D eigenvalue weighted by Crippen LogP contribution is 2.25. The fourth-order valence-electron chi connectivity index (χ4n) is 2.44. The van der Waals surface area contributed by atoms with E-state index in [1.54, 1.807) is 13.0 Å². The second-order valence-electron chi connectivity index (χ2n) is 5.36. The normalized spacial score (nSPS) is 20.0. The summed E-state index contributed by atoms with van der Waals surface area (Å²) in [5.74, 6) is 0.241. The molecule has 1 fully saturated rings. The van der Waals surface area contributed by atoms with Crippen LogP contribution in [0.2, 0.25) is 0 Å². The Morgan fingerprint density at radius 3 is 2.80 bits per heavy atom. The minimum Gasteiger partial charge on any atom is -0.398 e. The van der Waals surface area contributed by atoms with Gasteiger partial charge in [-0.3, -0.25) is 0 Å². The van der Waals surface area contributed by atoms with Crippen LogP contribution >= 0.6 is 0 Å². The van der Waals surface area contributed by atoms with E-state index in [0.717, 1.165) is 25.0 Å². The number of nitrogen functional groups attached to an aromatic ring is 1. The van der Waals surface area contributed by atoms with E-state index in [1.165, 1.54) is 0 Å². The summed E-state index contributed by atoms with van der Waals surface area (Å²) in [5, 5.41) is 0. The van der Waals surface area contributed by atoms with Crippen molar-refractivity contribution in [3.8, 4) is 0 Å². The van der Waals surface area contributed by atoms with Gasteiger partial charge in [0.15, 0.2) is 0 Å². The summed E-state index contributed by atoms with van der Waals surface area (Å²) < 4.78 is 32.9. The number of rotatable bonds is 4. The maximum Gasteiger partial charge on any atom is 0.242 e. The molecule has 1 atom stereocenters. The topological polar surface area (TPSA) is 81.4 Å². The van der Waals surface area contributed by atoms with Crippen molar-refractivity contribution >= 4 is 15.7 Å². The molecule has 0 aromatic heterocycles. The van der Waals surface area contributed by atoms with Gasteiger partial charge in [-0.25, -0.2) is 13.1 Å². The summed E-state index contributed by atoms with van der Waals surface area (Å²) >= 11 is 0. The lowest BCUT2D eigenvalue weighted by Crippen LogP contribution is -2.34. The standard InChI is InChI=1S/C14H22N2O3S/c1-10-5-6-13(15)14(11(10)2)20(17,18)16-8-12-4-3-7-19-9-12/h5-6,12,16H,3-4,7-9,15H2,1-2H3. The number of hydrogen-bond acceptors (Lipinski definition) is 4. The molecular weight excluding hydrogens is 276 g/mol. The van der Waals surface area contributed by atoms with Gasteiger partial charge in [-0.1, -0.05) is 6.07 Å². The first kappa shape index (κ1) is 15.3. The smallest absolute Gasteiger partial charge is 0.242 e. The number of ether oxygens (including phenoxy) is 1. The first-order valence-electron chi connectivity index (χ1n) is 6.85. The fraction of sp³-hybridized carbons (Fsp3) is 0.571. The minimum absolute atomic E-state index is 0.203. The number of sulfonamides is 1. The van der Waals surface area contributed by atoms with Gasteiger partial charge in [-0.2, -0.15) is 0 Å². The van der Waals surface area contributed by atoms with Crippen LogP contribution in [-0.2, 0) is 14.8 Å². The fourth-order valence-corrected chi connectivity index (χ4v) is 3.98. The average molecular weight is 298 g/mol. The molecule has 1 aromatic rings. The first-order valence-corrected chi connectivity index (χ1v) is 8.33. The van der Waals surface area contributed by atoms with Crippen LogP contribution in [0.25, 0.3) is 0 Å². The SMILES string of the molecule is Cc1ccc(N)c(S(=O)(=O)NCC2CCCOC2)c1C. The molecule has 6 heteroatoms. The van der Waals surface area contributed by atoms with E-state index >= 15 is 0 Å². The van der Waals surface area contributed by atoms with Crippen LogP contribution in [0, 0.1) is 19.8 Å². The van der Waals surface area contributed by atoms with Crippen LogP contribution in [0.15, 0.2) is 17.0 Å². The van der Waals surface area contributed by atoms with E-state index in [0.29, 0.717) is 24.4 Å². The summed E-state index contributed by atoms with van der Waals surface area (Å²) in [7, 11) is -3.57. The largest absolute Gasteiger partial charge is 0.398 e. The molecule has 0 radical (unpaired) electrons. The molecule has 2 rings (SSSR count). The zero-order chi connectivity index (χ0) is 14.8. The number of anilines is 1. The second-order valence-corrected chi connectivity index (χ2v) is 7.06. The molecule has 1 heterocycles. The predicted octanol–water partition coefficient (Wildman–Crippen LogP) is 1.59. The average Bonchev–Trinajstić information content (AvgIpc) is 2.42. The van der Waals surface area contributed by atoms with Crippen LogP contribution in [-0.4, -0.2) is 28.2 Å². The summed E-state index contributed by atoms with van der Waals surface area (Å²) in [6, 6.07) is 3.47. The number of aryl methyl sites for hydroxylation is 1. The van der Waals surface area contributed by atoms with Crippen molar-refractivity contribution in [2.75, 3.05) is 25.5 Å². The van der Waals surface area contributed by atoms with Gasteiger partial charge in [0.1, 0.15) is 4.90 Å². The van der Waals surface area contributed by atoms with Gasteiger partial charge in [-0.15, -0.1) is 0 Å². The molecule has 1 unspecified atom stereocenters. The Hall–Kier alpha value is -1.11. The van der Waals surface area contributed by atoms with Crippen LogP contribution in [0.5, 0.6) is 0 Å². The van der Waals surface area contributed by atoms with Gasteiger partial charge in [-0.05, 0) is 49.8 Å². The third kappa shape index (κ3) is 3.31. The molecule has 0 saturated carbocycles. The number of hydrogen-bond donors (Lipinski definition) is 2. The molecule has 0 amide bonds. The van der Waals surface area contributed by atoms with Crippen LogP contribution in [0.4, 0.5) is 5.69 Å². The van der Waals surface area contributed by atoms with Gasteiger partial charge < -0.3 is 10.5 Å². The lowest BCUT2D eigenvalue weighted by atomic mass is 10.0. The second kappa shape index (κ2) is 6.11. The van der Waals surface area contributed by atoms with Crippen molar-refractivity contribution in [1.29, 1.82) is 0 Å². The summed E-state index contributed by atoms with van der Waals surface area (Å²) in [6.45, 7) is 5.44. The zero-order valence-electron chi connectivity index (χ0n) is 12.0. The van der Waals surface area contributed by atoms with E-state index in [1.807, 2.05) is 13.0 Å². The van der Waals surface area contributed by atoms with Crippen molar-refractivity contribution in [2.24, 2.45) is 5.92 Å². The van der Waals surface area contributed by atoms with Crippen molar-refractivity contribution in [2.45, 2.75) is 31.6 Å². The van der Waals surface area contributed by atoms with Crippen LogP contribution in [0.1, 0.15) is 24.0 Å². The molecular formula is C14H22N2O3S. The van der Waals surface area contributed by atoms with Gasteiger partial charge in [0.05, 0.1) is 12.3 Å². The highest BCUT2D eigenvalue weighted by Gasteiger charge is 2.23. The van der Waals surface area contributed by atoms with Crippen LogP contribution < -0.4 is 10.5 Å². The highest BCUT2D eigenvalue weighted by atomic mass is 32.2. The minimum atomic E-state index is -3.57. The van der Waals surface area contributed by atoms with Crippen molar-refractivity contribution in [3.63, 3.8) is 0 Å². The lowest BCUT2D eigenvalue weighted by molar-refractivity contribution is 0.0568. The monoisotopic (exact) mass is 298 g/mol. The van der Waals surface area contributed by atoms with Gasteiger partial charge in [0, 0.05) is 13.2 Å². The Balaban J connectivity index is 2.16. The summed E-state index contributed by atoms with van der Waals surface area (Å²) in [5.41, 5.74) is 7.76. The van der Waals surface area contributed by atoms with E-state index in [9.17, 15) is 8.42 Å². The quantitative estimate of drug-likeness (QED) is 0.827. The third-order valence-corrected chi connectivity index (χ3v) is 5.42. The molecule has 20 heavy (non-hydrogen) atoms. The Morgan fingerprint density at radius 2 is 2.15 bits per heavy atom. The Kier molecular flexibility index (Phi) is 4.67. The predicted molar refractivity (Wildman–Crippen MR) is 79.1 cm³/mol. The molecule has 112 valence electrons. The number of benzene rings is 1. The molecule has 3 N–H and O–H groups in total. The van der Waals surface area contributed by atoms with Crippen LogP contribution in [0.3, 0.4) is 0 Å². The zero-order valence-corrected chi connectivity index (χ0v) is 12.8. The van der Waals surface area contributed by atoms with Crippen molar-refractivity contribution in [3.05, 3.63) is 23.3 Å². The number of nitrogens with one attached hydrogen (secondary N) is 1. The molecule has 0 spiro atoms. The van der Waals surface area contributed by atoms with Crippen molar-refractivity contribution < 1.29 is 13.2 Å². The Bertz CT molecular complexity index is 578. The summed E-state index contributed by atoms with van der Waals surface area (Å²) in [4.78, 5) is 0.203. The van der Waals surface area contributed by atoms with E-state index in [4.69, 9.17) is 10.5 Å². The third-order valence-electron chi connectivity index (χ3n) is 3.79. The molecule has 1 aliphatic heterocycles. The Labute approximate surface area is 120 Å². The molecule has 1 saturated heterocycles. The van der Waals surface area contributed by atoms with Crippen molar-refractivity contribution in [1.82, 2.24) is 4.72 Å². The Morgan fingerprint density at radius 1 is 1.40 bits per heavy atom. The van der Waals surface area contributed by atoms with E-state index < -0.39 is 10.0 Å². The highest BCUT2D eigenvalue weighted by molar-refractivity contribution is 7.89. The van der Waals surface area contributed by atoms with Gasteiger partial charge in [0.2, 0.25) is 10.0 Å². The molecule has 1 aliphatic rings. The number of nitrogens with two attached hydrogens (primary N) is 1. The molecule has 0 aliphatic carbocycles. The summed E-state index contributed by atoms with van der Waals surface area (Å²) in [6.07, 6.45) is 1.98.